The van der Waals surface area contributed by atoms with E-state index in [1.807, 2.05) is 4.90 Å². The third-order valence-corrected chi connectivity index (χ3v) is 6.95. The van der Waals surface area contributed by atoms with Gasteiger partial charge in [-0.05, 0) is 35.9 Å². The summed E-state index contributed by atoms with van der Waals surface area (Å²) in [4.78, 5) is 10.7. The minimum atomic E-state index is -0.875. The molecule has 6 rings (SSSR count). The summed E-state index contributed by atoms with van der Waals surface area (Å²) in [5.74, 6) is 0.455. The molecule has 2 bridgehead atoms. The van der Waals surface area contributed by atoms with E-state index in [4.69, 9.17) is 11.2 Å². The first-order valence-corrected chi connectivity index (χ1v) is 11.4. The van der Waals surface area contributed by atoms with Crippen molar-refractivity contribution >= 4 is 27.5 Å². The highest BCUT2D eigenvalue weighted by atomic mass is 19.1. The van der Waals surface area contributed by atoms with Crippen molar-refractivity contribution in [3.05, 3.63) is 59.4 Å². The van der Waals surface area contributed by atoms with Gasteiger partial charge in [0.1, 0.15) is 23.0 Å². The highest BCUT2D eigenvalue weighted by Gasteiger charge is 2.34. The molecule has 2 saturated heterocycles. The molecule has 1 aromatic heterocycles. The number of rotatable bonds is 3. The molecule has 3 aromatic carbocycles. The van der Waals surface area contributed by atoms with Gasteiger partial charge < -0.3 is 15.0 Å². The van der Waals surface area contributed by atoms with E-state index < -0.39 is 17.5 Å². The normalized spacial score (nSPS) is 19.3. The Morgan fingerprint density at radius 3 is 2.54 bits per heavy atom. The Labute approximate surface area is 199 Å². The van der Waals surface area contributed by atoms with E-state index in [2.05, 4.69) is 21.2 Å². The Hall–Kier alpha value is -3.83. The molecule has 2 unspecified atom stereocenters. The summed E-state index contributed by atoms with van der Waals surface area (Å²) in [6.07, 6.45) is 7.66. The fraction of sp³-hybridized carbons (Fsp3) is 0.259. The van der Waals surface area contributed by atoms with Crippen LogP contribution in [-0.4, -0.2) is 42.3 Å². The number of methoxy groups -OCH3 is 1. The van der Waals surface area contributed by atoms with Gasteiger partial charge in [-0.25, -0.2) is 13.2 Å². The Balaban J connectivity index is 1.62. The number of hydrogen-bond donors (Lipinski definition) is 1. The number of halogens is 3. The summed E-state index contributed by atoms with van der Waals surface area (Å²) >= 11 is 0. The average molecular weight is 474 g/mol. The Bertz CT molecular complexity index is 1540. The molecule has 0 amide bonds. The largest absolute Gasteiger partial charge is 0.467 e. The molecule has 2 aliphatic rings. The minimum absolute atomic E-state index is 0.0110. The van der Waals surface area contributed by atoms with E-state index in [1.54, 1.807) is 12.1 Å². The van der Waals surface area contributed by atoms with Gasteiger partial charge in [0.05, 0.1) is 18.2 Å². The molecule has 2 aliphatic heterocycles. The molecule has 0 aliphatic carbocycles. The highest BCUT2D eigenvalue weighted by Crippen LogP contribution is 2.40. The maximum Gasteiger partial charge on any atom is 0.318 e. The number of benzene rings is 3. The second kappa shape index (κ2) is 8.14. The van der Waals surface area contributed by atoms with Crippen LogP contribution in [0.5, 0.6) is 6.01 Å². The van der Waals surface area contributed by atoms with Crippen molar-refractivity contribution in [1.82, 2.24) is 15.3 Å². The van der Waals surface area contributed by atoms with Crippen molar-refractivity contribution < 1.29 is 17.9 Å². The van der Waals surface area contributed by atoms with Gasteiger partial charge in [-0.3, -0.25) is 0 Å². The lowest BCUT2D eigenvalue weighted by Crippen LogP contribution is -2.51. The number of anilines is 1. The molecule has 8 heteroatoms. The van der Waals surface area contributed by atoms with E-state index in [1.165, 1.54) is 31.4 Å². The predicted molar refractivity (Wildman–Crippen MR) is 129 cm³/mol. The van der Waals surface area contributed by atoms with Crippen molar-refractivity contribution in [3.8, 4) is 29.5 Å². The van der Waals surface area contributed by atoms with Crippen LogP contribution in [0.4, 0.5) is 19.0 Å². The molecule has 176 valence electrons. The van der Waals surface area contributed by atoms with Gasteiger partial charge in [0, 0.05) is 35.9 Å². The molecule has 0 spiro atoms. The van der Waals surface area contributed by atoms with Crippen LogP contribution in [0.3, 0.4) is 0 Å². The molecular formula is C27H21F3N4O. The number of aromatic nitrogens is 2. The van der Waals surface area contributed by atoms with E-state index in [0.29, 0.717) is 36.4 Å². The molecule has 4 aromatic rings. The van der Waals surface area contributed by atoms with Crippen LogP contribution >= 0.6 is 0 Å². The molecule has 35 heavy (non-hydrogen) atoms. The van der Waals surface area contributed by atoms with E-state index in [9.17, 15) is 4.39 Å². The molecule has 5 nitrogen and oxygen atoms in total. The van der Waals surface area contributed by atoms with Crippen molar-refractivity contribution in [2.24, 2.45) is 0 Å². The number of piperazine rings is 1. The van der Waals surface area contributed by atoms with E-state index in [0.717, 1.165) is 12.8 Å². The van der Waals surface area contributed by atoms with Crippen molar-refractivity contribution in [2.45, 2.75) is 24.9 Å². The fourth-order valence-corrected chi connectivity index (χ4v) is 5.41. The SMILES string of the molecule is C#Cc1c(F)ccc2cccc(-c3c(F)cc4c(N5CC6CCC(C5)N6)nc(OC)nc4c3F)c12. The fourth-order valence-electron chi connectivity index (χ4n) is 5.41. The number of fused-ring (bicyclic) bond motifs is 4. The van der Waals surface area contributed by atoms with E-state index >= 15 is 8.78 Å². The molecule has 1 N–H and O–H groups in total. The first-order chi connectivity index (χ1) is 17.0. The van der Waals surface area contributed by atoms with Crippen LogP contribution in [0.1, 0.15) is 18.4 Å². The zero-order chi connectivity index (χ0) is 24.3. The third-order valence-electron chi connectivity index (χ3n) is 6.95. The minimum Gasteiger partial charge on any atom is -0.467 e. The number of hydrogen-bond acceptors (Lipinski definition) is 5. The van der Waals surface area contributed by atoms with Gasteiger partial charge in [-0.15, -0.1) is 6.42 Å². The molecule has 3 heterocycles. The van der Waals surface area contributed by atoms with Crippen LogP contribution in [0.2, 0.25) is 0 Å². The maximum absolute atomic E-state index is 16.1. The lowest BCUT2D eigenvalue weighted by atomic mass is 9.93. The second-order valence-corrected chi connectivity index (χ2v) is 8.99. The highest BCUT2D eigenvalue weighted by molar-refractivity contribution is 6.03. The lowest BCUT2D eigenvalue weighted by molar-refractivity contribution is 0.380. The van der Waals surface area contributed by atoms with Crippen molar-refractivity contribution in [1.29, 1.82) is 0 Å². The average Bonchev–Trinajstić information content (AvgIpc) is 3.21. The topological polar surface area (TPSA) is 50.3 Å². The second-order valence-electron chi connectivity index (χ2n) is 8.99. The Kier molecular flexibility index (Phi) is 5.04. The monoisotopic (exact) mass is 474 g/mol. The van der Waals surface area contributed by atoms with E-state index in [-0.39, 0.29) is 39.0 Å². The van der Waals surface area contributed by atoms with Gasteiger partial charge in [0.25, 0.3) is 0 Å². The van der Waals surface area contributed by atoms with Gasteiger partial charge in [0.15, 0.2) is 5.82 Å². The van der Waals surface area contributed by atoms with Crippen molar-refractivity contribution in [2.75, 3.05) is 25.1 Å². The van der Waals surface area contributed by atoms with Crippen LogP contribution in [0, 0.1) is 29.8 Å². The van der Waals surface area contributed by atoms with Crippen LogP contribution in [0.15, 0.2) is 36.4 Å². The predicted octanol–water partition coefficient (Wildman–Crippen LogP) is 4.80. The molecule has 2 atom stereocenters. The number of terminal acetylenes is 1. The first kappa shape index (κ1) is 21.7. The van der Waals surface area contributed by atoms with Crippen LogP contribution in [0.25, 0.3) is 32.8 Å². The van der Waals surface area contributed by atoms with Crippen molar-refractivity contribution in [3.63, 3.8) is 0 Å². The maximum atomic E-state index is 16.1. The summed E-state index contributed by atoms with van der Waals surface area (Å²) in [5, 5.41) is 4.65. The quantitative estimate of drug-likeness (QED) is 0.433. The zero-order valence-electron chi connectivity index (χ0n) is 18.9. The zero-order valence-corrected chi connectivity index (χ0v) is 18.9. The Morgan fingerprint density at radius 2 is 1.83 bits per heavy atom. The summed E-state index contributed by atoms with van der Waals surface area (Å²) in [7, 11) is 1.40. The van der Waals surface area contributed by atoms with Gasteiger partial charge in [-0.1, -0.05) is 30.2 Å². The van der Waals surface area contributed by atoms with Gasteiger partial charge in [0.2, 0.25) is 0 Å². The molecule has 0 radical (unpaired) electrons. The summed E-state index contributed by atoms with van der Waals surface area (Å²) in [6.45, 7) is 1.34. The lowest BCUT2D eigenvalue weighted by Gasteiger charge is -2.34. The molecule has 2 fully saturated rings. The molecule has 0 saturated carbocycles. The molecular weight excluding hydrogens is 453 g/mol. The summed E-state index contributed by atoms with van der Waals surface area (Å²) < 4.78 is 51.7. The number of nitrogens with zero attached hydrogens (tertiary/aromatic N) is 3. The number of nitrogens with one attached hydrogen (secondary N) is 1. The third kappa shape index (κ3) is 3.38. The number of ether oxygens (including phenoxy) is 1. The van der Waals surface area contributed by atoms with Gasteiger partial charge in [-0.2, -0.15) is 9.97 Å². The Morgan fingerprint density at radius 1 is 1.06 bits per heavy atom. The summed E-state index contributed by atoms with van der Waals surface area (Å²) in [5.41, 5.74) is -0.275. The van der Waals surface area contributed by atoms with Crippen LogP contribution < -0.4 is 15.0 Å². The standard InChI is InChI=1S/C27H21F3N4O/c1-3-17-20(28)10-7-14-5-4-6-18(22(14)17)23-21(29)11-19-25(24(23)30)32-27(35-2)33-26(19)34-12-15-8-9-16(13-34)31-15/h1,4-7,10-11,15-16,31H,8-9,12-13H2,2H3. The first-order valence-electron chi connectivity index (χ1n) is 11.4. The summed E-state index contributed by atoms with van der Waals surface area (Å²) in [6, 6.07) is 9.52. The van der Waals surface area contributed by atoms with Gasteiger partial charge >= 0.3 is 6.01 Å². The smallest absolute Gasteiger partial charge is 0.318 e. The van der Waals surface area contributed by atoms with Crippen LogP contribution in [-0.2, 0) is 0 Å².